The van der Waals surface area contributed by atoms with E-state index in [9.17, 15) is 4.39 Å². The Balaban J connectivity index is 1.61. The average molecular weight is 326 g/mol. The summed E-state index contributed by atoms with van der Waals surface area (Å²) in [5.74, 6) is 0.989. The van der Waals surface area contributed by atoms with Crippen molar-refractivity contribution in [1.82, 2.24) is 9.97 Å². The van der Waals surface area contributed by atoms with E-state index < -0.39 is 0 Å². The molecule has 1 aliphatic rings. The largest absolute Gasteiger partial charge is 0.354 e. The van der Waals surface area contributed by atoms with Crippen LogP contribution in [0.15, 0.2) is 42.0 Å². The standard InChI is InChI=1S/C19H23FN4/c1-14-12-18(23-17-9-5-8-16(20)13-17)24-19(22-14)21-11-10-15-6-3-2-4-7-15/h5-6,8-9,12-13H,2-4,7,10-11H2,1H3,(H2,21,22,23,24). The second kappa shape index (κ2) is 7.90. The molecule has 24 heavy (non-hydrogen) atoms. The number of aryl methyl sites for hydroxylation is 1. The van der Waals surface area contributed by atoms with Crippen molar-refractivity contribution in [1.29, 1.82) is 0 Å². The third-order valence-corrected chi connectivity index (χ3v) is 4.07. The predicted octanol–water partition coefficient (Wildman–Crippen LogP) is 4.97. The fourth-order valence-corrected chi connectivity index (χ4v) is 2.89. The van der Waals surface area contributed by atoms with Crippen molar-refractivity contribution in [2.45, 2.75) is 39.0 Å². The number of nitrogens with one attached hydrogen (secondary N) is 2. The van der Waals surface area contributed by atoms with Gasteiger partial charge in [0.1, 0.15) is 11.6 Å². The summed E-state index contributed by atoms with van der Waals surface area (Å²) in [6, 6.07) is 8.19. The first-order valence-corrected chi connectivity index (χ1v) is 8.49. The molecule has 0 fully saturated rings. The van der Waals surface area contributed by atoms with Gasteiger partial charge in [0.2, 0.25) is 5.95 Å². The van der Waals surface area contributed by atoms with E-state index in [0.29, 0.717) is 17.5 Å². The van der Waals surface area contributed by atoms with Gasteiger partial charge in [0.15, 0.2) is 0 Å². The van der Waals surface area contributed by atoms with Gasteiger partial charge in [-0.3, -0.25) is 0 Å². The molecule has 0 atom stereocenters. The molecule has 5 heteroatoms. The number of benzene rings is 1. The fourth-order valence-electron chi connectivity index (χ4n) is 2.89. The van der Waals surface area contributed by atoms with Crippen LogP contribution in [0.1, 0.15) is 37.8 Å². The minimum atomic E-state index is -0.273. The van der Waals surface area contributed by atoms with Crippen LogP contribution in [0.3, 0.4) is 0 Å². The van der Waals surface area contributed by atoms with E-state index in [1.807, 2.05) is 19.1 Å². The second-order valence-electron chi connectivity index (χ2n) is 6.14. The summed E-state index contributed by atoms with van der Waals surface area (Å²) >= 11 is 0. The zero-order valence-electron chi connectivity index (χ0n) is 14.0. The van der Waals surface area contributed by atoms with Crippen molar-refractivity contribution in [3.05, 3.63) is 53.5 Å². The van der Waals surface area contributed by atoms with E-state index in [0.717, 1.165) is 18.7 Å². The van der Waals surface area contributed by atoms with Gasteiger partial charge in [-0.05, 0) is 57.2 Å². The lowest BCUT2D eigenvalue weighted by Gasteiger charge is -2.13. The van der Waals surface area contributed by atoms with Crippen LogP contribution >= 0.6 is 0 Å². The lowest BCUT2D eigenvalue weighted by atomic mass is 9.97. The smallest absolute Gasteiger partial charge is 0.224 e. The van der Waals surface area contributed by atoms with Gasteiger partial charge in [0, 0.05) is 24.0 Å². The summed E-state index contributed by atoms with van der Waals surface area (Å²) in [7, 11) is 0. The number of allylic oxidation sites excluding steroid dienone is 1. The topological polar surface area (TPSA) is 49.8 Å². The zero-order chi connectivity index (χ0) is 16.8. The lowest BCUT2D eigenvalue weighted by molar-refractivity contribution is 0.628. The first-order valence-electron chi connectivity index (χ1n) is 8.49. The molecule has 0 unspecified atom stereocenters. The fraction of sp³-hybridized carbons (Fsp3) is 0.368. The van der Waals surface area contributed by atoms with Gasteiger partial charge in [0.25, 0.3) is 0 Å². The Labute approximate surface area is 142 Å². The number of anilines is 3. The van der Waals surface area contributed by atoms with Gasteiger partial charge < -0.3 is 10.6 Å². The molecular formula is C19H23FN4. The molecule has 3 rings (SSSR count). The number of hydrogen-bond donors (Lipinski definition) is 2. The van der Waals surface area contributed by atoms with Crippen LogP contribution in [0.25, 0.3) is 0 Å². The number of hydrogen-bond acceptors (Lipinski definition) is 4. The van der Waals surface area contributed by atoms with Crippen molar-refractivity contribution >= 4 is 17.5 Å². The van der Waals surface area contributed by atoms with Gasteiger partial charge in [-0.25, -0.2) is 9.37 Å². The molecule has 0 bridgehead atoms. The maximum Gasteiger partial charge on any atom is 0.224 e. The van der Waals surface area contributed by atoms with Gasteiger partial charge in [-0.15, -0.1) is 0 Å². The predicted molar refractivity (Wildman–Crippen MR) is 96.1 cm³/mol. The molecule has 0 aliphatic heterocycles. The maximum atomic E-state index is 13.3. The van der Waals surface area contributed by atoms with Crippen molar-refractivity contribution in [3.8, 4) is 0 Å². The number of rotatable bonds is 6. The van der Waals surface area contributed by atoms with Crippen LogP contribution in [-0.2, 0) is 0 Å². The first-order chi connectivity index (χ1) is 11.7. The Kier molecular flexibility index (Phi) is 5.41. The molecule has 4 nitrogen and oxygen atoms in total. The molecule has 0 saturated carbocycles. The van der Waals surface area contributed by atoms with Crippen LogP contribution < -0.4 is 10.6 Å². The Morgan fingerprint density at radius 2 is 2.08 bits per heavy atom. The highest BCUT2D eigenvalue weighted by atomic mass is 19.1. The Morgan fingerprint density at radius 3 is 2.88 bits per heavy atom. The quantitative estimate of drug-likeness (QED) is 0.736. The molecule has 1 aromatic heterocycles. The monoisotopic (exact) mass is 326 g/mol. The molecule has 2 aromatic rings. The lowest BCUT2D eigenvalue weighted by Crippen LogP contribution is -2.09. The SMILES string of the molecule is Cc1cc(Nc2cccc(F)c2)nc(NCCC2=CCCCC2)n1. The summed E-state index contributed by atoms with van der Waals surface area (Å²) in [4.78, 5) is 8.89. The molecule has 0 amide bonds. The van der Waals surface area contributed by atoms with Crippen molar-refractivity contribution in [2.75, 3.05) is 17.2 Å². The summed E-state index contributed by atoms with van der Waals surface area (Å²) in [5, 5.41) is 6.42. The highest BCUT2D eigenvalue weighted by Gasteiger charge is 2.06. The van der Waals surface area contributed by atoms with Gasteiger partial charge >= 0.3 is 0 Å². The van der Waals surface area contributed by atoms with E-state index in [2.05, 4.69) is 26.7 Å². The molecule has 0 radical (unpaired) electrons. The third kappa shape index (κ3) is 4.78. The Morgan fingerprint density at radius 1 is 1.17 bits per heavy atom. The summed E-state index contributed by atoms with van der Waals surface area (Å²) in [6.07, 6.45) is 8.42. The molecule has 2 N–H and O–H groups in total. The second-order valence-corrected chi connectivity index (χ2v) is 6.14. The third-order valence-electron chi connectivity index (χ3n) is 4.07. The van der Waals surface area contributed by atoms with Crippen LogP contribution in [-0.4, -0.2) is 16.5 Å². The molecule has 1 heterocycles. The van der Waals surface area contributed by atoms with Crippen LogP contribution in [0.2, 0.25) is 0 Å². The Hall–Kier alpha value is -2.43. The zero-order valence-corrected chi connectivity index (χ0v) is 14.0. The summed E-state index contributed by atoms with van der Waals surface area (Å²) in [5.41, 5.74) is 3.06. The molecule has 126 valence electrons. The van der Waals surface area contributed by atoms with Crippen LogP contribution in [0, 0.1) is 12.7 Å². The van der Waals surface area contributed by atoms with Gasteiger partial charge in [0.05, 0.1) is 0 Å². The number of nitrogens with zero attached hydrogens (tertiary/aromatic N) is 2. The average Bonchev–Trinajstić information content (AvgIpc) is 2.55. The van der Waals surface area contributed by atoms with Crippen LogP contribution in [0.4, 0.5) is 21.8 Å². The highest BCUT2D eigenvalue weighted by molar-refractivity contribution is 5.57. The molecule has 0 spiro atoms. The molecular weight excluding hydrogens is 303 g/mol. The first kappa shape index (κ1) is 16.4. The minimum absolute atomic E-state index is 0.273. The van der Waals surface area contributed by atoms with E-state index >= 15 is 0 Å². The van der Waals surface area contributed by atoms with Gasteiger partial charge in [-0.1, -0.05) is 17.7 Å². The number of halogens is 1. The molecule has 1 aliphatic carbocycles. The van der Waals surface area contributed by atoms with E-state index in [1.54, 1.807) is 6.07 Å². The minimum Gasteiger partial charge on any atom is -0.354 e. The highest BCUT2D eigenvalue weighted by Crippen LogP contribution is 2.20. The van der Waals surface area contributed by atoms with E-state index in [1.165, 1.54) is 43.4 Å². The van der Waals surface area contributed by atoms with Crippen LogP contribution in [0.5, 0.6) is 0 Å². The van der Waals surface area contributed by atoms with E-state index in [-0.39, 0.29) is 5.82 Å². The molecule has 0 saturated heterocycles. The van der Waals surface area contributed by atoms with Crippen molar-refractivity contribution in [2.24, 2.45) is 0 Å². The van der Waals surface area contributed by atoms with Gasteiger partial charge in [-0.2, -0.15) is 4.98 Å². The summed E-state index contributed by atoms with van der Waals surface area (Å²) < 4.78 is 13.3. The van der Waals surface area contributed by atoms with E-state index in [4.69, 9.17) is 0 Å². The Bertz CT molecular complexity index is 727. The van der Waals surface area contributed by atoms with Crippen molar-refractivity contribution in [3.63, 3.8) is 0 Å². The normalized spacial score (nSPS) is 14.2. The maximum absolute atomic E-state index is 13.3. The summed E-state index contributed by atoms with van der Waals surface area (Å²) in [6.45, 7) is 2.75. The number of aromatic nitrogens is 2. The van der Waals surface area contributed by atoms with Crippen molar-refractivity contribution < 1.29 is 4.39 Å². The molecule has 1 aromatic carbocycles.